The lowest BCUT2D eigenvalue weighted by Crippen LogP contribution is -2.29. The summed E-state index contributed by atoms with van der Waals surface area (Å²) >= 11 is 11.8. The summed E-state index contributed by atoms with van der Waals surface area (Å²) in [7, 11) is -4.07. The molecule has 1 aliphatic heterocycles. The van der Waals surface area contributed by atoms with Crippen molar-refractivity contribution in [1.29, 1.82) is 0 Å². The van der Waals surface area contributed by atoms with Gasteiger partial charge < -0.3 is 10.0 Å². The Morgan fingerprint density at radius 2 is 1.63 bits per heavy atom. The molecule has 0 unspecified atom stereocenters. The Balaban J connectivity index is 1.84. The molecule has 1 saturated heterocycles. The summed E-state index contributed by atoms with van der Waals surface area (Å²) in [5.74, 6) is -1.33. The van der Waals surface area contributed by atoms with Crippen LogP contribution >= 0.6 is 23.2 Å². The molecule has 9 heteroatoms. The predicted octanol–water partition coefficient (Wildman–Crippen LogP) is 4.48. The second-order valence-corrected chi connectivity index (χ2v) is 8.73. The number of hydrogen-bond acceptors (Lipinski definition) is 4. The summed E-state index contributed by atoms with van der Waals surface area (Å²) in [4.78, 5) is 13.1. The SMILES string of the molecule is O=C(O)c1cc(S(=O)(=O)Nc2ccc(N3CCCCC3)cc2)c(Cl)cc1Cl. The minimum atomic E-state index is -4.07. The van der Waals surface area contributed by atoms with Gasteiger partial charge in [-0.3, -0.25) is 4.72 Å². The Labute approximate surface area is 167 Å². The molecule has 1 aliphatic rings. The minimum Gasteiger partial charge on any atom is -0.478 e. The Morgan fingerprint density at radius 1 is 1.00 bits per heavy atom. The highest BCUT2D eigenvalue weighted by Crippen LogP contribution is 2.30. The zero-order chi connectivity index (χ0) is 19.6. The van der Waals surface area contributed by atoms with Crippen LogP contribution < -0.4 is 9.62 Å². The van der Waals surface area contributed by atoms with Crippen LogP contribution in [-0.4, -0.2) is 32.6 Å². The summed E-state index contributed by atoms with van der Waals surface area (Å²) < 4.78 is 27.7. The lowest BCUT2D eigenvalue weighted by atomic mass is 10.1. The number of rotatable bonds is 5. The fraction of sp³-hybridized carbons (Fsp3) is 0.278. The largest absolute Gasteiger partial charge is 0.478 e. The molecule has 2 N–H and O–H groups in total. The maximum atomic E-state index is 12.7. The van der Waals surface area contributed by atoms with E-state index in [0.29, 0.717) is 5.69 Å². The van der Waals surface area contributed by atoms with Gasteiger partial charge in [-0.1, -0.05) is 23.2 Å². The van der Waals surface area contributed by atoms with Gasteiger partial charge in [0.2, 0.25) is 0 Å². The molecule has 6 nitrogen and oxygen atoms in total. The van der Waals surface area contributed by atoms with E-state index in [-0.39, 0.29) is 20.5 Å². The summed E-state index contributed by atoms with van der Waals surface area (Å²) in [6.45, 7) is 1.98. The molecule has 0 aliphatic carbocycles. The number of carbonyl (C=O) groups is 1. The number of nitrogens with zero attached hydrogens (tertiary/aromatic N) is 1. The smallest absolute Gasteiger partial charge is 0.337 e. The second-order valence-electron chi connectivity index (χ2n) is 6.27. The summed E-state index contributed by atoms with van der Waals surface area (Å²) in [6.07, 6.45) is 3.53. The van der Waals surface area contributed by atoms with Gasteiger partial charge in [-0.15, -0.1) is 0 Å². The first-order chi connectivity index (χ1) is 12.8. The van der Waals surface area contributed by atoms with E-state index in [4.69, 9.17) is 28.3 Å². The van der Waals surface area contributed by atoms with Crippen molar-refractivity contribution < 1.29 is 18.3 Å². The quantitative estimate of drug-likeness (QED) is 0.732. The molecule has 2 aromatic rings. The number of carboxylic acids is 1. The fourth-order valence-corrected chi connectivity index (χ4v) is 4.92. The Hall–Kier alpha value is -1.96. The van der Waals surface area contributed by atoms with Gasteiger partial charge in [-0.25, -0.2) is 13.2 Å². The van der Waals surface area contributed by atoms with Crippen molar-refractivity contribution in [2.45, 2.75) is 24.2 Å². The standard InChI is InChI=1S/C18H18Cl2N2O4S/c19-15-11-16(20)17(10-14(15)18(23)24)27(25,26)21-12-4-6-13(7-5-12)22-8-2-1-3-9-22/h4-7,10-11,21H,1-3,8-9H2,(H,23,24). The molecular formula is C18H18Cl2N2O4S. The van der Waals surface area contributed by atoms with Gasteiger partial charge in [0.15, 0.2) is 0 Å². The van der Waals surface area contributed by atoms with Gasteiger partial charge in [0.1, 0.15) is 4.90 Å². The fourth-order valence-electron chi connectivity index (χ4n) is 3.00. The van der Waals surface area contributed by atoms with E-state index in [2.05, 4.69) is 9.62 Å². The van der Waals surface area contributed by atoms with Crippen LogP contribution in [0.25, 0.3) is 0 Å². The number of carboxylic acid groups (broad SMARTS) is 1. The molecular weight excluding hydrogens is 411 g/mol. The monoisotopic (exact) mass is 428 g/mol. The van der Waals surface area contributed by atoms with Crippen LogP contribution in [0.3, 0.4) is 0 Å². The lowest BCUT2D eigenvalue weighted by molar-refractivity contribution is 0.0697. The van der Waals surface area contributed by atoms with E-state index in [9.17, 15) is 13.2 Å². The molecule has 0 amide bonds. The molecule has 144 valence electrons. The second kappa shape index (κ2) is 7.96. The molecule has 0 radical (unpaired) electrons. The third-order valence-corrected chi connectivity index (χ3v) is 6.54. The number of hydrogen-bond donors (Lipinski definition) is 2. The first kappa shape index (κ1) is 19.8. The average molecular weight is 429 g/mol. The van der Waals surface area contributed by atoms with Crippen LogP contribution in [0.15, 0.2) is 41.3 Å². The molecule has 0 aromatic heterocycles. The number of nitrogens with one attached hydrogen (secondary N) is 1. The predicted molar refractivity (Wildman–Crippen MR) is 107 cm³/mol. The van der Waals surface area contributed by atoms with Crippen molar-refractivity contribution in [2.75, 3.05) is 22.7 Å². The summed E-state index contributed by atoms with van der Waals surface area (Å²) in [5, 5.41) is 8.87. The van der Waals surface area contributed by atoms with Gasteiger partial charge in [0, 0.05) is 24.5 Å². The van der Waals surface area contributed by atoms with Crippen molar-refractivity contribution in [3.8, 4) is 0 Å². The van der Waals surface area contributed by atoms with Gasteiger partial charge in [0.05, 0.1) is 15.6 Å². The van der Waals surface area contributed by atoms with Crippen LogP contribution in [0, 0.1) is 0 Å². The Morgan fingerprint density at radius 3 is 2.22 bits per heavy atom. The molecule has 0 atom stereocenters. The number of piperidine rings is 1. The highest BCUT2D eigenvalue weighted by molar-refractivity contribution is 7.92. The first-order valence-corrected chi connectivity index (χ1v) is 10.6. The maximum absolute atomic E-state index is 12.7. The minimum absolute atomic E-state index is 0.127. The molecule has 0 bridgehead atoms. The van der Waals surface area contributed by atoms with Crippen molar-refractivity contribution >= 4 is 50.6 Å². The van der Waals surface area contributed by atoms with Crippen LogP contribution in [0.2, 0.25) is 10.0 Å². The van der Waals surface area contributed by atoms with Crippen LogP contribution in [0.4, 0.5) is 11.4 Å². The van der Waals surface area contributed by atoms with E-state index in [1.807, 2.05) is 12.1 Å². The normalized spacial score (nSPS) is 14.8. The molecule has 2 aromatic carbocycles. The highest BCUT2D eigenvalue weighted by Gasteiger charge is 2.23. The van der Waals surface area contributed by atoms with Crippen LogP contribution in [0.1, 0.15) is 29.6 Å². The Bertz CT molecular complexity index is 956. The zero-order valence-corrected chi connectivity index (χ0v) is 16.6. The molecule has 0 spiro atoms. The summed E-state index contributed by atoms with van der Waals surface area (Å²) in [6, 6.07) is 9.12. The molecule has 3 rings (SSSR count). The molecule has 1 heterocycles. The zero-order valence-electron chi connectivity index (χ0n) is 14.3. The molecule has 0 saturated carbocycles. The van der Waals surface area contributed by atoms with Gasteiger partial charge >= 0.3 is 5.97 Å². The number of anilines is 2. The third-order valence-electron chi connectivity index (χ3n) is 4.38. The third kappa shape index (κ3) is 4.48. The van der Waals surface area contributed by atoms with E-state index in [1.54, 1.807) is 12.1 Å². The van der Waals surface area contributed by atoms with Crippen molar-refractivity contribution in [3.63, 3.8) is 0 Å². The average Bonchev–Trinajstić information content (AvgIpc) is 2.62. The van der Waals surface area contributed by atoms with Gasteiger partial charge in [-0.2, -0.15) is 0 Å². The van der Waals surface area contributed by atoms with Crippen molar-refractivity contribution in [2.24, 2.45) is 0 Å². The number of halogens is 2. The van der Waals surface area contributed by atoms with E-state index in [0.717, 1.165) is 43.8 Å². The van der Waals surface area contributed by atoms with Crippen LogP contribution in [0.5, 0.6) is 0 Å². The Kier molecular flexibility index (Phi) is 5.83. The number of aromatic carboxylic acids is 1. The van der Waals surface area contributed by atoms with Crippen molar-refractivity contribution in [3.05, 3.63) is 52.0 Å². The lowest BCUT2D eigenvalue weighted by Gasteiger charge is -2.28. The molecule has 27 heavy (non-hydrogen) atoms. The number of benzene rings is 2. The molecule has 1 fully saturated rings. The van der Waals surface area contributed by atoms with E-state index in [1.165, 1.54) is 6.42 Å². The van der Waals surface area contributed by atoms with Gasteiger partial charge in [0.25, 0.3) is 10.0 Å². The number of sulfonamides is 1. The van der Waals surface area contributed by atoms with E-state index >= 15 is 0 Å². The first-order valence-electron chi connectivity index (χ1n) is 8.38. The summed E-state index contributed by atoms with van der Waals surface area (Å²) in [5.41, 5.74) is 1.07. The highest BCUT2D eigenvalue weighted by atomic mass is 35.5. The van der Waals surface area contributed by atoms with Crippen LogP contribution in [-0.2, 0) is 10.0 Å². The maximum Gasteiger partial charge on any atom is 0.337 e. The van der Waals surface area contributed by atoms with Crippen molar-refractivity contribution in [1.82, 2.24) is 0 Å². The topological polar surface area (TPSA) is 86.7 Å². The van der Waals surface area contributed by atoms with E-state index < -0.39 is 16.0 Å². The van der Waals surface area contributed by atoms with Gasteiger partial charge in [-0.05, 0) is 55.7 Å².